The van der Waals surface area contributed by atoms with E-state index in [1.54, 1.807) is 6.92 Å². The highest BCUT2D eigenvalue weighted by Crippen LogP contribution is 2.18. The van der Waals surface area contributed by atoms with Crippen LogP contribution in [0.5, 0.6) is 0 Å². The highest BCUT2D eigenvalue weighted by atomic mass is 32.2. The first-order valence-electron chi connectivity index (χ1n) is 4.28. The third-order valence-electron chi connectivity index (χ3n) is 1.99. The summed E-state index contributed by atoms with van der Waals surface area (Å²) in [6.45, 7) is 2.53. The molecule has 0 radical (unpaired) electrons. The fourth-order valence-electron chi connectivity index (χ4n) is 1.42. The van der Waals surface area contributed by atoms with Gasteiger partial charge in [-0.05, 0) is 12.8 Å². The van der Waals surface area contributed by atoms with Crippen molar-refractivity contribution in [3.63, 3.8) is 0 Å². The van der Waals surface area contributed by atoms with Crippen LogP contribution in [0.3, 0.4) is 0 Å². The maximum atomic E-state index is 11.5. The Morgan fingerprint density at radius 2 is 2.38 bits per heavy atom. The average molecular weight is 203 g/mol. The summed E-state index contributed by atoms with van der Waals surface area (Å²) < 4.78 is 26.5. The van der Waals surface area contributed by atoms with Crippen molar-refractivity contribution in [3.8, 4) is 6.07 Å². The normalized spacial score (nSPS) is 24.5. The van der Waals surface area contributed by atoms with E-state index in [4.69, 9.17) is 5.26 Å². The minimum Gasteiger partial charge on any atom is -0.202 e. The van der Waals surface area contributed by atoms with Gasteiger partial charge < -0.3 is 0 Å². The minimum absolute atomic E-state index is 0.358. The van der Waals surface area contributed by atoms with Crippen LogP contribution in [0.4, 0.5) is 0 Å². The van der Waals surface area contributed by atoms with Crippen LogP contribution in [-0.4, -0.2) is 31.9 Å². The van der Waals surface area contributed by atoms with Gasteiger partial charge in [-0.25, -0.2) is 4.72 Å². The van der Waals surface area contributed by atoms with Gasteiger partial charge in [0.05, 0.1) is 6.07 Å². The Kier molecular flexibility index (Phi) is 3.25. The Labute approximate surface area is 78.5 Å². The third kappa shape index (κ3) is 2.18. The molecule has 0 aromatic heterocycles. The largest absolute Gasteiger partial charge is 0.280 e. The molecule has 0 saturated carbocycles. The molecule has 74 valence electrons. The molecule has 1 saturated heterocycles. The molecule has 1 aliphatic heterocycles. The number of nitrogens with one attached hydrogen (secondary N) is 1. The van der Waals surface area contributed by atoms with Gasteiger partial charge in [0, 0.05) is 13.1 Å². The van der Waals surface area contributed by atoms with Gasteiger partial charge >= 0.3 is 0 Å². The van der Waals surface area contributed by atoms with E-state index in [9.17, 15) is 8.42 Å². The second-order valence-electron chi connectivity index (χ2n) is 2.90. The molecule has 1 atom stereocenters. The van der Waals surface area contributed by atoms with Gasteiger partial charge in [0.25, 0.3) is 10.2 Å². The maximum Gasteiger partial charge on any atom is 0.280 e. The Bertz CT molecular complexity index is 306. The lowest BCUT2D eigenvalue weighted by Gasteiger charge is -2.18. The summed E-state index contributed by atoms with van der Waals surface area (Å²) in [6.07, 6.45) is 1.41. The summed E-state index contributed by atoms with van der Waals surface area (Å²) in [5, 5.41) is 8.68. The van der Waals surface area contributed by atoms with Crippen LogP contribution < -0.4 is 4.72 Å². The third-order valence-corrected chi connectivity index (χ3v) is 3.70. The van der Waals surface area contributed by atoms with E-state index in [1.165, 1.54) is 4.31 Å². The molecular formula is C7H13N3O2S. The van der Waals surface area contributed by atoms with E-state index >= 15 is 0 Å². The van der Waals surface area contributed by atoms with Crippen molar-refractivity contribution in [1.82, 2.24) is 9.03 Å². The molecule has 0 amide bonds. The highest BCUT2D eigenvalue weighted by Gasteiger charge is 2.33. The fraction of sp³-hybridized carbons (Fsp3) is 0.857. The van der Waals surface area contributed by atoms with Crippen molar-refractivity contribution < 1.29 is 8.42 Å². The average Bonchev–Trinajstić information content (AvgIpc) is 2.51. The van der Waals surface area contributed by atoms with Crippen LogP contribution in [0.15, 0.2) is 0 Å². The van der Waals surface area contributed by atoms with E-state index in [1.807, 2.05) is 6.07 Å². The van der Waals surface area contributed by atoms with Gasteiger partial charge in [-0.15, -0.1) is 0 Å². The summed E-state index contributed by atoms with van der Waals surface area (Å²) in [7, 11) is -3.41. The van der Waals surface area contributed by atoms with Gasteiger partial charge in [0.2, 0.25) is 0 Å². The summed E-state index contributed by atoms with van der Waals surface area (Å²) in [5.74, 6) is 0. The number of nitriles is 1. The zero-order valence-corrected chi connectivity index (χ0v) is 8.34. The molecule has 1 heterocycles. The molecule has 1 rings (SSSR count). The monoisotopic (exact) mass is 203 g/mol. The summed E-state index contributed by atoms with van der Waals surface area (Å²) in [4.78, 5) is 0. The Balaban J connectivity index is 2.77. The van der Waals surface area contributed by atoms with Crippen molar-refractivity contribution in [1.29, 1.82) is 5.26 Å². The highest BCUT2D eigenvalue weighted by molar-refractivity contribution is 7.87. The molecule has 1 aliphatic rings. The molecule has 0 aliphatic carbocycles. The molecular weight excluding hydrogens is 190 g/mol. The predicted molar refractivity (Wildman–Crippen MR) is 47.9 cm³/mol. The van der Waals surface area contributed by atoms with Gasteiger partial charge in [0.1, 0.15) is 6.04 Å². The van der Waals surface area contributed by atoms with E-state index in [2.05, 4.69) is 4.72 Å². The molecule has 0 bridgehead atoms. The van der Waals surface area contributed by atoms with Crippen molar-refractivity contribution in [2.75, 3.05) is 13.1 Å². The molecule has 1 N–H and O–H groups in total. The fourth-order valence-corrected chi connectivity index (χ4v) is 2.81. The quantitative estimate of drug-likeness (QED) is 0.692. The molecule has 6 heteroatoms. The topological polar surface area (TPSA) is 73.2 Å². The first-order chi connectivity index (χ1) is 6.11. The van der Waals surface area contributed by atoms with Crippen LogP contribution >= 0.6 is 0 Å². The Morgan fingerprint density at radius 3 is 2.92 bits per heavy atom. The van der Waals surface area contributed by atoms with Crippen molar-refractivity contribution in [3.05, 3.63) is 0 Å². The van der Waals surface area contributed by atoms with E-state index in [-0.39, 0.29) is 0 Å². The minimum atomic E-state index is -3.41. The number of hydrogen-bond acceptors (Lipinski definition) is 3. The number of nitrogens with zero attached hydrogens (tertiary/aromatic N) is 2. The number of rotatable bonds is 3. The predicted octanol–water partition coefficient (Wildman–Crippen LogP) is -0.171. The van der Waals surface area contributed by atoms with Gasteiger partial charge in [-0.1, -0.05) is 6.92 Å². The summed E-state index contributed by atoms with van der Waals surface area (Å²) in [5.41, 5.74) is 0. The van der Waals surface area contributed by atoms with E-state index in [0.717, 1.165) is 6.42 Å². The maximum absolute atomic E-state index is 11.5. The van der Waals surface area contributed by atoms with Crippen LogP contribution in [0, 0.1) is 11.3 Å². The lowest BCUT2D eigenvalue weighted by atomic mass is 10.2. The molecule has 5 nitrogen and oxygen atoms in total. The Morgan fingerprint density at radius 1 is 1.69 bits per heavy atom. The second kappa shape index (κ2) is 4.05. The first kappa shape index (κ1) is 10.4. The van der Waals surface area contributed by atoms with Gasteiger partial charge in [0.15, 0.2) is 0 Å². The van der Waals surface area contributed by atoms with Gasteiger partial charge in [-0.3, -0.25) is 0 Å². The van der Waals surface area contributed by atoms with Crippen LogP contribution in [0.2, 0.25) is 0 Å². The van der Waals surface area contributed by atoms with Crippen molar-refractivity contribution in [2.45, 2.75) is 25.8 Å². The zero-order valence-electron chi connectivity index (χ0n) is 7.52. The zero-order chi connectivity index (χ0) is 9.90. The second-order valence-corrected chi connectivity index (χ2v) is 4.61. The van der Waals surface area contributed by atoms with Crippen LogP contribution in [0.1, 0.15) is 19.8 Å². The van der Waals surface area contributed by atoms with Crippen molar-refractivity contribution >= 4 is 10.2 Å². The smallest absolute Gasteiger partial charge is 0.202 e. The Hall–Kier alpha value is -0.640. The standard InChI is InChI=1S/C7H13N3O2S/c1-2-9-13(11,12)10-5-3-4-7(10)6-8/h7,9H,2-5H2,1H3. The van der Waals surface area contributed by atoms with Crippen LogP contribution in [0.25, 0.3) is 0 Å². The molecule has 13 heavy (non-hydrogen) atoms. The lowest BCUT2D eigenvalue weighted by Crippen LogP contribution is -2.42. The van der Waals surface area contributed by atoms with Crippen LogP contribution in [-0.2, 0) is 10.2 Å². The first-order valence-corrected chi connectivity index (χ1v) is 5.72. The lowest BCUT2D eigenvalue weighted by molar-refractivity contribution is 0.429. The summed E-state index contributed by atoms with van der Waals surface area (Å²) in [6, 6.07) is 1.50. The molecule has 0 aromatic rings. The van der Waals surface area contributed by atoms with Gasteiger partial charge in [-0.2, -0.15) is 18.0 Å². The SMILES string of the molecule is CCNS(=O)(=O)N1CCCC1C#N. The van der Waals surface area contributed by atoms with Crippen molar-refractivity contribution in [2.24, 2.45) is 0 Å². The molecule has 1 fully saturated rings. The number of hydrogen-bond donors (Lipinski definition) is 1. The molecule has 1 unspecified atom stereocenters. The molecule has 0 spiro atoms. The van der Waals surface area contributed by atoms with E-state index < -0.39 is 16.3 Å². The molecule has 0 aromatic carbocycles. The summed E-state index contributed by atoms with van der Waals surface area (Å²) >= 11 is 0. The van der Waals surface area contributed by atoms with E-state index in [0.29, 0.717) is 19.5 Å².